The lowest BCUT2D eigenvalue weighted by atomic mass is 10.00. The Balaban J connectivity index is 0.000000159. The lowest BCUT2D eigenvalue weighted by Crippen LogP contribution is -2.42. The molecule has 0 unspecified atom stereocenters. The van der Waals surface area contributed by atoms with Gasteiger partial charge in [0.15, 0.2) is 51.7 Å². The van der Waals surface area contributed by atoms with Gasteiger partial charge in [-0.15, -0.1) is 13.2 Å². The number of furan rings is 1. The van der Waals surface area contributed by atoms with E-state index in [-0.39, 0.29) is 122 Å². The Morgan fingerprint density at radius 3 is 0.930 bits per heavy atom. The number of carbonyl (C=O) groups is 4. The average Bonchev–Trinajstić information content (AvgIpc) is 1.60. The fourth-order valence-corrected chi connectivity index (χ4v) is 17.1. The molecule has 11 aromatic carbocycles. The highest BCUT2D eigenvalue weighted by molar-refractivity contribution is 6.12. The van der Waals surface area contributed by atoms with E-state index >= 15 is 0 Å². The molecule has 4 aliphatic rings. The number of para-hydroxylation sites is 1. The number of nitrogens with zero attached hydrogens (tertiary/aromatic N) is 3. The molecule has 12 aromatic rings. The maximum atomic E-state index is 14.2. The van der Waals surface area contributed by atoms with Gasteiger partial charge in [0.2, 0.25) is 40.7 Å². The second kappa shape index (κ2) is 45.7. The predicted octanol–water partition coefficient (Wildman–Crippen LogP) is 23.5. The summed E-state index contributed by atoms with van der Waals surface area (Å²) >= 11 is 0. The van der Waals surface area contributed by atoms with Crippen LogP contribution in [0.1, 0.15) is 137 Å². The zero-order chi connectivity index (χ0) is 102. The SMILES string of the molecule is COc1cc(/C=C2/C(C)=C(CC(=O)N(C)Cc3ccccc3)c3cc(F)ccc32)cc(OC)c1O.COc1cc(/C=C2/C(C)=C(CC(=O)N(Cc3ccco3)C(F)(F)F)c3cc(F)ccc32)cc(OC)c1O.COc1cc(/C=C2/C(C)=C(CC(=O)NOc3ccccc3)c3cc(F)ccc32)cc(OC)c1O.COc1ccc2c(c1)C(CC(=O)N(C)Cc1ccccc1)=C(C)/C2=C/c1cc(OC)c(O)c(OC)c1. The number of methoxy groups -OCH3 is 9. The quantitative estimate of drug-likeness (QED) is 0.0165. The molecule has 16 rings (SSSR count). The molecule has 4 aliphatic carbocycles. The fraction of sp³-hybridized carbons (Fsp3) is 0.204. The number of ether oxygens (including phenoxy) is 9. The fourth-order valence-electron chi connectivity index (χ4n) is 17.1. The highest BCUT2D eigenvalue weighted by Crippen LogP contribution is 2.52. The third-order valence-corrected chi connectivity index (χ3v) is 24.5. The van der Waals surface area contributed by atoms with Gasteiger partial charge in [0, 0.05) is 27.2 Å². The molecule has 1 aromatic heterocycles. The zero-order valence-corrected chi connectivity index (χ0v) is 80.7. The van der Waals surface area contributed by atoms with Crippen LogP contribution in [0.2, 0.25) is 0 Å². The van der Waals surface area contributed by atoms with E-state index < -0.39 is 31.0 Å². The number of nitrogens with one attached hydrogen (secondary N) is 1. The summed E-state index contributed by atoms with van der Waals surface area (Å²) in [5, 5.41) is 41.0. The van der Waals surface area contributed by atoms with Gasteiger partial charge < -0.3 is 82.1 Å². The Morgan fingerprint density at radius 2 is 0.634 bits per heavy atom. The van der Waals surface area contributed by atoms with Gasteiger partial charge in [-0.2, -0.15) is 5.48 Å². The highest BCUT2D eigenvalue weighted by Gasteiger charge is 2.43. The third kappa shape index (κ3) is 23.6. The number of aromatic hydroxyl groups is 4. The van der Waals surface area contributed by atoms with Crippen LogP contribution in [0.5, 0.6) is 80.5 Å². The summed E-state index contributed by atoms with van der Waals surface area (Å²) in [5.41, 5.74) is 22.6. The number of benzene rings is 11. The van der Waals surface area contributed by atoms with E-state index in [1.165, 1.54) is 118 Å². The van der Waals surface area contributed by atoms with E-state index in [4.69, 9.17) is 51.9 Å². The predicted molar refractivity (Wildman–Crippen MR) is 534 cm³/mol. The molecule has 0 fully saturated rings. The highest BCUT2D eigenvalue weighted by atomic mass is 19.4. The van der Waals surface area contributed by atoms with Crippen LogP contribution < -0.4 is 52.9 Å². The minimum Gasteiger partial charge on any atom is -0.502 e. The lowest BCUT2D eigenvalue weighted by Gasteiger charge is -2.24. The minimum atomic E-state index is -4.94. The smallest absolute Gasteiger partial charge is 0.487 e. The molecule has 29 heteroatoms. The minimum absolute atomic E-state index is 0.00861. The third-order valence-electron chi connectivity index (χ3n) is 24.5. The summed E-state index contributed by atoms with van der Waals surface area (Å²) in [7, 11) is 16.9. The van der Waals surface area contributed by atoms with Gasteiger partial charge >= 0.3 is 6.30 Å². The van der Waals surface area contributed by atoms with Crippen LogP contribution in [-0.2, 0) is 38.8 Å². The van der Waals surface area contributed by atoms with Crippen LogP contribution in [0.15, 0.2) is 257 Å². The van der Waals surface area contributed by atoms with E-state index in [1.54, 1.807) is 122 Å². The van der Waals surface area contributed by atoms with E-state index in [1.807, 2.05) is 131 Å². The van der Waals surface area contributed by atoms with Gasteiger partial charge in [0.05, 0.1) is 102 Å². The van der Waals surface area contributed by atoms with Gasteiger partial charge in [-0.1, -0.05) is 103 Å². The number of amides is 4. The van der Waals surface area contributed by atoms with E-state index in [0.717, 1.165) is 94.8 Å². The summed E-state index contributed by atoms with van der Waals surface area (Å²) in [6.07, 6.45) is 3.66. The Labute approximate surface area is 818 Å². The van der Waals surface area contributed by atoms with Crippen molar-refractivity contribution in [3.8, 4) is 80.5 Å². The molecule has 0 saturated heterocycles. The van der Waals surface area contributed by atoms with E-state index in [9.17, 15) is 65.9 Å². The normalized spacial score (nSPS) is 13.8. The van der Waals surface area contributed by atoms with Gasteiger partial charge in [-0.3, -0.25) is 19.2 Å². The van der Waals surface area contributed by atoms with Crippen LogP contribution in [0, 0.1) is 17.5 Å². The first-order chi connectivity index (χ1) is 68.1. The van der Waals surface area contributed by atoms with Crippen molar-refractivity contribution in [3.05, 3.63) is 354 Å². The van der Waals surface area contributed by atoms with Crippen molar-refractivity contribution in [2.24, 2.45) is 0 Å². The molecule has 5 N–H and O–H groups in total. The molecule has 0 atom stereocenters. The van der Waals surface area contributed by atoms with Crippen LogP contribution in [-0.4, -0.2) is 143 Å². The van der Waals surface area contributed by atoms with Crippen LogP contribution in [0.4, 0.5) is 26.3 Å². The summed E-state index contributed by atoms with van der Waals surface area (Å²) in [5.74, 6) is -0.0283. The molecule has 0 bridgehead atoms. The maximum absolute atomic E-state index is 14.2. The molecule has 4 amide bonds. The van der Waals surface area contributed by atoms with Crippen molar-refractivity contribution >= 4 is 92.5 Å². The van der Waals surface area contributed by atoms with Gasteiger partial charge in [0.1, 0.15) is 29.0 Å². The average molecular weight is 1940 g/mol. The first-order valence-electron chi connectivity index (χ1n) is 44.6. The van der Waals surface area contributed by atoms with Crippen molar-refractivity contribution in [3.63, 3.8) is 0 Å². The number of alkyl halides is 3. The summed E-state index contributed by atoms with van der Waals surface area (Å²) < 4.78 is 136. The lowest BCUT2D eigenvalue weighted by molar-refractivity contribution is -0.244. The second-order valence-corrected chi connectivity index (χ2v) is 33.4. The van der Waals surface area contributed by atoms with Crippen molar-refractivity contribution in [2.45, 2.75) is 79.3 Å². The Kier molecular flexibility index (Phi) is 33.1. The number of allylic oxidation sites excluding steroid dienone is 8. The van der Waals surface area contributed by atoms with Gasteiger partial charge in [0.25, 0.3) is 5.91 Å². The topological polar surface area (TPSA) is 276 Å². The number of phenols is 4. The molecule has 0 spiro atoms. The van der Waals surface area contributed by atoms with Gasteiger partial charge in [-0.25, -0.2) is 18.1 Å². The standard InChI is InChI=1S/C30H31NO5.C29H28FNO4.C27H23F4NO5.C27H24FNO5/c1-19-24(13-21-14-27(35-4)30(33)28(15-21)36-5)23-12-11-22(34-3)16-26(23)25(19)17-29(32)31(2)18-20-9-7-6-8-10-20;1-18-23(12-20-13-26(34-3)29(33)27(14-20)35-4)22-11-10-21(30)15-25(22)24(18)16-28(32)31(2)17-19-8-6-5-7-9-19;1-15-20(9-16-10-23(35-2)26(34)24(11-16)36-3)19-7-6-17(28)12-22(19)21(15)13-25(33)32(27(29,30)31)14-18-5-4-8-37-18;1-16-21(11-17-12-24(32-2)27(31)25(13-17)33-3)20-10-9-18(28)14-23(20)22(16)15-26(30)29-34-19-7-5-4-6-8-19/h6-16,33H,17-18H2,1-5H3;5-15,33H,16-17H2,1-4H3;4-12,34H,13-14H2,1-3H3;4-14,31H,15H2,1-3H3,(H,29,30)/b24-13-;23-12-;20-9-;21-11-. The number of hydrogen-bond acceptors (Lipinski definition) is 19. The van der Waals surface area contributed by atoms with E-state index in [0.29, 0.717) is 80.4 Å². The number of rotatable bonds is 29. The summed E-state index contributed by atoms with van der Waals surface area (Å²) in [6.45, 7) is 7.79. The molecular formula is C113H106F6N4O19. The van der Waals surface area contributed by atoms with Crippen molar-refractivity contribution in [1.82, 2.24) is 20.2 Å². The Bertz CT molecular complexity index is 6920. The molecule has 1 heterocycles. The van der Waals surface area contributed by atoms with Crippen LogP contribution >= 0.6 is 0 Å². The molecule has 0 saturated carbocycles. The Hall–Kier alpha value is -16.7. The first-order valence-corrected chi connectivity index (χ1v) is 44.6. The number of phenolic OH excluding ortho intramolecular Hbond substituents is 4. The van der Waals surface area contributed by atoms with Crippen LogP contribution in [0.3, 0.4) is 0 Å². The molecule has 0 radical (unpaired) electrons. The van der Waals surface area contributed by atoms with Gasteiger partial charge in [-0.05, 0) is 318 Å². The molecular weight excluding hydrogens is 1830 g/mol. The molecule has 23 nitrogen and oxygen atoms in total. The summed E-state index contributed by atoms with van der Waals surface area (Å²) in [4.78, 5) is 60.5. The monoisotopic (exact) mass is 1940 g/mol. The van der Waals surface area contributed by atoms with E-state index in [2.05, 4.69) is 5.48 Å². The number of hydroxylamine groups is 1. The van der Waals surface area contributed by atoms with Crippen LogP contribution in [0.25, 0.3) is 68.9 Å². The molecule has 142 heavy (non-hydrogen) atoms. The zero-order valence-electron chi connectivity index (χ0n) is 80.7. The number of carbonyl (C=O) groups excluding carboxylic acids is 4. The number of hydrogen-bond donors (Lipinski definition) is 5. The molecule has 0 aliphatic heterocycles. The van der Waals surface area contributed by atoms with Crippen molar-refractivity contribution in [2.75, 3.05) is 78.1 Å². The summed E-state index contributed by atoms with van der Waals surface area (Å²) in [6, 6.07) is 63.9. The molecule has 734 valence electrons. The van der Waals surface area contributed by atoms with Crippen molar-refractivity contribution < 1.29 is 118 Å². The largest absolute Gasteiger partial charge is 0.502 e. The van der Waals surface area contributed by atoms with Crippen molar-refractivity contribution in [1.29, 1.82) is 0 Å². The number of fused-ring (bicyclic) bond motifs is 4. The first kappa shape index (κ1) is 103. The Morgan fingerprint density at radius 1 is 0.338 bits per heavy atom. The second-order valence-electron chi connectivity index (χ2n) is 33.4. The maximum Gasteiger partial charge on any atom is 0.487 e. The number of halogens is 6.